The molecule has 0 bridgehead atoms. The predicted octanol–water partition coefficient (Wildman–Crippen LogP) is -7.73. The normalized spacial score (nSPS) is 42.6. The van der Waals surface area contributed by atoms with Crippen molar-refractivity contribution in [2.24, 2.45) is 0 Å². The Balaban J connectivity index is 2.14. The molecule has 0 aromatic heterocycles. The summed E-state index contributed by atoms with van der Waals surface area (Å²) in [4.78, 5) is 10.5. The van der Waals surface area contributed by atoms with Crippen LogP contribution in [0.25, 0.3) is 0 Å². The number of aliphatic hydroxyl groups is 11. The molecule has 34 heavy (non-hydrogen) atoms. The third-order valence-electron chi connectivity index (χ3n) is 5.63. The van der Waals surface area contributed by atoms with Crippen LogP contribution in [-0.2, 0) is 23.7 Å². The van der Waals surface area contributed by atoms with Crippen molar-refractivity contribution >= 4 is 6.29 Å². The molecule has 2 aliphatic heterocycles. The molecule has 2 saturated heterocycles. The van der Waals surface area contributed by atoms with Crippen molar-refractivity contribution in [2.45, 2.75) is 85.8 Å². The number of hydrogen-bond donors (Lipinski definition) is 11. The minimum absolute atomic E-state index is 0.0698. The van der Waals surface area contributed by atoms with Gasteiger partial charge < -0.3 is 79.9 Å². The number of carbonyl (C=O) groups is 1. The van der Waals surface area contributed by atoms with E-state index in [9.17, 15) is 61.0 Å². The lowest BCUT2D eigenvalue weighted by molar-refractivity contribution is -0.369. The summed E-state index contributed by atoms with van der Waals surface area (Å²) in [5.41, 5.74) is 0. The molecule has 200 valence electrons. The van der Waals surface area contributed by atoms with Crippen LogP contribution in [0.15, 0.2) is 0 Å². The Morgan fingerprint density at radius 1 is 0.735 bits per heavy atom. The van der Waals surface area contributed by atoms with Gasteiger partial charge in [-0.3, -0.25) is 0 Å². The van der Waals surface area contributed by atoms with Gasteiger partial charge in [0.2, 0.25) is 0 Å². The Morgan fingerprint density at radius 2 is 1.26 bits per heavy atom. The van der Waals surface area contributed by atoms with Crippen molar-refractivity contribution in [3.63, 3.8) is 0 Å². The summed E-state index contributed by atoms with van der Waals surface area (Å²) in [7, 11) is 0. The van der Waals surface area contributed by atoms with Crippen molar-refractivity contribution in [3.05, 3.63) is 0 Å². The molecule has 0 aromatic carbocycles. The average Bonchev–Trinajstić information content (AvgIpc) is 2.84. The number of aliphatic hydroxyl groups excluding tert-OH is 11. The molecule has 16 nitrogen and oxygen atoms in total. The molecular weight excluding hydrogens is 472 g/mol. The molecule has 2 rings (SSSR count). The first-order valence-corrected chi connectivity index (χ1v) is 10.4. The van der Waals surface area contributed by atoms with Crippen LogP contribution in [0.3, 0.4) is 0 Å². The highest BCUT2D eigenvalue weighted by Crippen LogP contribution is 2.29. The van der Waals surface area contributed by atoms with Crippen molar-refractivity contribution in [2.75, 3.05) is 19.8 Å². The van der Waals surface area contributed by atoms with Gasteiger partial charge in [0.1, 0.15) is 73.2 Å². The highest BCUT2D eigenvalue weighted by atomic mass is 16.8. The Hall–Kier alpha value is -0.930. The smallest absolute Gasteiger partial charge is 0.187 e. The summed E-state index contributed by atoms with van der Waals surface area (Å²) in [6.07, 6.45) is -25.1. The zero-order valence-electron chi connectivity index (χ0n) is 17.7. The Morgan fingerprint density at radius 3 is 1.79 bits per heavy atom. The molecule has 0 unspecified atom stereocenters. The van der Waals surface area contributed by atoms with E-state index in [2.05, 4.69) is 0 Å². The van der Waals surface area contributed by atoms with Gasteiger partial charge >= 0.3 is 0 Å². The van der Waals surface area contributed by atoms with Gasteiger partial charge in [0.15, 0.2) is 18.9 Å². The zero-order valence-corrected chi connectivity index (χ0v) is 17.7. The van der Waals surface area contributed by atoms with Crippen LogP contribution in [-0.4, -0.2) is 168 Å². The Kier molecular flexibility index (Phi) is 11.1. The fourth-order valence-electron chi connectivity index (χ4n) is 3.47. The molecule has 2 fully saturated rings. The van der Waals surface area contributed by atoms with E-state index in [0.29, 0.717) is 0 Å². The molecule has 0 spiro atoms. The first kappa shape index (κ1) is 29.3. The van der Waals surface area contributed by atoms with Gasteiger partial charge in [-0.2, -0.15) is 0 Å². The van der Waals surface area contributed by atoms with E-state index in [1.807, 2.05) is 0 Å². The first-order valence-electron chi connectivity index (χ1n) is 10.4. The topological polar surface area (TPSA) is 277 Å². The third kappa shape index (κ3) is 6.44. The summed E-state index contributed by atoms with van der Waals surface area (Å²) in [5, 5.41) is 108. The summed E-state index contributed by atoms with van der Waals surface area (Å²) < 4.78 is 21.1. The summed E-state index contributed by atoms with van der Waals surface area (Å²) in [6, 6.07) is 0. The second-order valence-corrected chi connectivity index (χ2v) is 8.01. The molecule has 0 amide bonds. The second kappa shape index (κ2) is 12.9. The molecule has 0 saturated carbocycles. The number of carbonyl (C=O) groups excluding carboxylic acids is 1. The number of rotatable bonds is 11. The molecule has 16 heteroatoms. The largest absolute Gasteiger partial charge is 0.394 e. The van der Waals surface area contributed by atoms with Gasteiger partial charge in [0.05, 0.1) is 19.8 Å². The highest BCUT2D eigenvalue weighted by Gasteiger charge is 2.51. The fourth-order valence-corrected chi connectivity index (χ4v) is 3.47. The Labute approximate surface area is 192 Å². The van der Waals surface area contributed by atoms with E-state index in [1.165, 1.54) is 0 Å². The SMILES string of the molecule is O=C[C@H](O)[C@@H](O)[C@H](O)[C@H](O)CO[C@H]1O[C@H](CO)[C@@H](O)[C@H](O)[C@H]1O[C@H]1O[C@H](CO)[C@@H](O)[C@H](O)[C@H]1O. The maximum absolute atomic E-state index is 10.5. The minimum Gasteiger partial charge on any atom is -0.394 e. The highest BCUT2D eigenvalue weighted by molar-refractivity contribution is 5.56. The fraction of sp³-hybridized carbons (Fsp3) is 0.944. The second-order valence-electron chi connectivity index (χ2n) is 8.01. The third-order valence-corrected chi connectivity index (χ3v) is 5.63. The van der Waals surface area contributed by atoms with Gasteiger partial charge in [-0.15, -0.1) is 0 Å². The lowest BCUT2D eigenvalue weighted by atomic mass is 9.97. The van der Waals surface area contributed by atoms with Crippen molar-refractivity contribution in [1.82, 2.24) is 0 Å². The molecule has 2 heterocycles. The number of ether oxygens (including phenoxy) is 4. The van der Waals surface area contributed by atoms with Crippen LogP contribution < -0.4 is 0 Å². The van der Waals surface area contributed by atoms with Crippen molar-refractivity contribution in [1.29, 1.82) is 0 Å². The molecule has 14 atom stereocenters. The summed E-state index contributed by atoms with van der Waals surface area (Å²) in [6.45, 7) is -2.41. The van der Waals surface area contributed by atoms with Crippen LogP contribution in [0.5, 0.6) is 0 Å². The predicted molar refractivity (Wildman–Crippen MR) is 102 cm³/mol. The standard InChI is InChI=1S/C18H32O16/c19-1-5(22)9(24)10(25)6(23)4-31-18-16(14(29)12(27)8(3-21)33-18)34-17-15(30)13(28)11(26)7(2-20)32-17/h1,5-18,20-30H,2-4H2/t5-,6+,7+,8+,9+,10+,11+,12+,13-,14-,15+,16+,17+,18-/m0/s1. The van der Waals surface area contributed by atoms with E-state index in [4.69, 9.17) is 18.9 Å². The summed E-state index contributed by atoms with van der Waals surface area (Å²) >= 11 is 0. The monoisotopic (exact) mass is 504 g/mol. The van der Waals surface area contributed by atoms with E-state index in [0.717, 1.165) is 0 Å². The lowest BCUT2D eigenvalue weighted by Gasteiger charge is -2.46. The van der Waals surface area contributed by atoms with Gasteiger partial charge in [0, 0.05) is 0 Å². The molecule has 11 N–H and O–H groups in total. The molecule has 0 aromatic rings. The van der Waals surface area contributed by atoms with Gasteiger partial charge in [-0.05, 0) is 0 Å². The maximum Gasteiger partial charge on any atom is 0.187 e. The van der Waals surface area contributed by atoms with Gasteiger partial charge in [-0.25, -0.2) is 0 Å². The van der Waals surface area contributed by atoms with Crippen molar-refractivity contribution < 1.29 is 79.9 Å². The molecule has 0 radical (unpaired) electrons. The van der Waals surface area contributed by atoms with Gasteiger partial charge in [0.25, 0.3) is 0 Å². The maximum atomic E-state index is 10.5. The van der Waals surface area contributed by atoms with Crippen LogP contribution in [0.4, 0.5) is 0 Å². The summed E-state index contributed by atoms with van der Waals surface area (Å²) in [5.74, 6) is 0. The van der Waals surface area contributed by atoms with Crippen LogP contribution in [0.1, 0.15) is 0 Å². The van der Waals surface area contributed by atoms with Crippen LogP contribution >= 0.6 is 0 Å². The zero-order chi connectivity index (χ0) is 25.7. The molecule has 2 aliphatic rings. The first-order chi connectivity index (χ1) is 16.0. The van der Waals surface area contributed by atoms with E-state index in [-0.39, 0.29) is 6.29 Å². The number of hydrogen-bond acceptors (Lipinski definition) is 16. The van der Waals surface area contributed by atoms with Gasteiger partial charge in [-0.1, -0.05) is 0 Å². The van der Waals surface area contributed by atoms with Crippen LogP contribution in [0.2, 0.25) is 0 Å². The lowest BCUT2D eigenvalue weighted by Crippen LogP contribution is -2.64. The van der Waals surface area contributed by atoms with Crippen LogP contribution in [0, 0.1) is 0 Å². The molecule has 0 aliphatic carbocycles. The van der Waals surface area contributed by atoms with E-state index in [1.54, 1.807) is 0 Å². The minimum atomic E-state index is -2.07. The van der Waals surface area contributed by atoms with Crippen molar-refractivity contribution in [3.8, 4) is 0 Å². The number of aldehydes is 1. The van der Waals surface area contributed by atoms with E-state index < -0.39 is 106 Å². The van der Waals surface area contributed by atoms with E-state index >= 15 is 0 Å². The Bertz CT molecular complexity index is 623. The quantitative estimate of drug-likeness (QED) is 0.117. The molecular formula is C18H32O16. The average molecular weight is 504 g/mol.